The molecule has 1 amide bonds. The predicted octanol–water partition coefficient (Wildman–Crippen LogP) is 2.18. The van der Waals surface area contributed by atoms with Gasteiger partial charge in [0.15, 0.2) is 5.13 Å². The molecule has 0 atom stereocenters. The predicted molar refractivity (Wildman–Crippen MR) is 78.3 cm³/mol. The van der Waals surface area contributed by atoms with E-state index in [2.05, 4.69) is 17.2 Å². The molecule has 4 nitrogen and oxygen atoms in total. The highest BCUT2D eigenvalue weighted by atomic mass is 32.2. The Morgan fingerprint density at radius 1 is 1.50 bits per heavy atom. The molecule has 1 aliphatic rings. The van der Waals surface area contributed by atoms with Crippen molar-refractivity contribution in [1.82, 2.24) is 4.98 Å². The van der Waals surface area contributed by atoms with E-state index in [4.69, 9.17) is 5.73 Å². The molecule has 0 saturated carbocycles. The number of hydrogen-bond acceptors (Lipinski definition) is 5. The Labute approximate surface area is 116 Å². The van der Waals surface area contributed by atoms with E-state index < -0.39 is 5.54 Å². The van der Waals surface area contributed by atoms with Crippen LogP contribution in [-0.2, 0) is 11.2 Å². The lowest BCUT2D eigenvalue weighted by Crippen LogP contribution is -2.53. The number of hydrogen-bond donors (Lipinski definition) is 2. The van der Waals surface area contributed by atoms with Crippen LogP contribution in [0.25, 0.3) is 0 Å². The summed E-state index contributed by atoms with van der Waals surface area (Å²) in [6.45, 7) is 4.10. The van der Waals surface area contributed by atoms with Crippen LogP contribution in [0.1, 0.15) is 30.3 Å². The molecule has 2 rings (SSSR count). The average Bonchev–Trinajstić information content (AvgIpc) is 2.70. The zero-order valence-corrected chi connectivity index (χ0v) is 12.4. The van der Waals surface area contributed by atoms with Gasteiger partial charge in [-0.3, -0.25) is 4.79 Å². The largest absolute Gasteiger partial charge is 0.317 e. The molecule has 1 aromatic rings. The van der Waals surface area contributed by atoms with Crippen molar-refractivity contribution in [2.75, 3.05) is 16.8 Å². The molecule has 0 aliphatic carbocycles. The van der Waals surface area contributed by atoms with Gasteiger partial charge >= 0.3 is 0 Å². The van der Waals surface area contributed by atoms with Gasteiger partial charge in [-0.25, -0.2) is 4.98 Å². The maximum absolute atomic E-state index is 12.2. The van der Waals surface area contributed by atoms with Gasteiger partial charge in [-0.2, -0.15) is 11.8 Å². The molecule has 1 fully saturated rings. The first kappa shape index (κ1) is 13.8. The Morgan fingerprint density at radius 2 is 2.17 bits per heavy atom. The molecule has 0 spiro atoms. The molecule has 0 bridgehead atoms. The number of carbonyl (C=O) groups is 1. The average molecular weight is 285 g/mol. The minimum atomic E-state index is -0.711. The monoisotopic (exact) mass is 285 g/mol. The summed E-state index contributed by atoms with van der Waals surface area (Å²) in [4.78, 5) is 17.8. The Balaban J connectivity index is 2.05. The fourth-order valence-corrected chi connectivity index (χ4v) is 4.11. The second-order valence-electron chi connectivity index (χ2n) is 4.60. The molecule has 1 saturated heterocycles. The third-order valence-corrected chi connectivity index (χ3v) is 5.20. The van der Waals surface area contributed by atoms with Gasteiger partial charge in [0.2, 0.25) is 5.91 Å². The minimum absolute atomic E-state index is 0.0841. The van der Waals surface area contributed by atoms with E-state index >= 15 is 0 Å². The van der Waals surface area contributed by atoms with Crippen LogP contribution in [0.4, 0.5) is 5.13 Å². The van der Waals surface area contributed by atoms with Crippen LogP contribution >= 0.6 is 23.1 Å². The standard InChI is InChI=1S/C12H19N3OS2/c1-3-9-8(2)18-11(14-9)15-10(16)12(13)4-6-17-7-5-12/h3-7,13H2,1-2H3,(H,14,15,16). The van der Waals surface area contributed by atoms with Crippen molar-refractivity contribution < 1.29 is 4.79 Å². The first-order valence-corrected chi connectivity index (χ1v) is 8.16. The van der Waals surface area contributed by atoms with Crippen molar-refractivity contribution in [3.05, 3.63) is 10.6 Å². The molecular formula is C12H19N3OS2. The van der Waals surface area contributed by atoms with E-state index in [9.17, 15) is 4.79 Å². The number of thiazole rings is 1. The molecule has 2 heterocycles. The fourth-order valence-electron chi connectivity index (χ4n) is 1.99. The Hall–Kier alpha value is -0.590. The third-order valence-electron chi connectivity index (χ3n) is 3.29. The van der Waals surface area contributed by atoms with Crippen LogP contribution in [0.15, 0.2) is 0 Å². The molecule has 0 radical (unpaired) electrons. The zero-order chi connectivity index (χ0) is 13.2. The van der Waals surface area contributed by atoms with E-state index in [1.807, 2.05) is 18.7 Å². The van der Waals surface area contributed by atoms with Gasteiger partial charge in [-0.15, -0.1) is 11.3 Å². The number of amides is 1. The summed E-state index contributed by atoms with van der Waals surface area (Å²) in [6, 6.07) is 0. The van der Waals surface area contributed by atoms with Crippen LogP contribution in [0.3, 0.4) is 0 Å². The van der Waals surface area contributed by atoms with E-state index in [0.29, 0.717) is 5.13 Å². The molecule has 100 valence electrons. The first-order chi connectivity index (χ1) is 8.55. The zero-order valence-electron chi connectivity index (χ0n) is 10.8. The van der Waals surface area contributed by atoms with E-state index in [1.54, 1.807) is 0 Å². The number of nitrogens with zero attached hydrogens (tertiary/aromatic N) is 1. The molecule has 18 heavy (non-hydrogen) atoms. The maximum Gasteiger partial charge on any atom is 0.246 e. The first-order valence-electron chi connectivity index (χ1n) is 6.19. The molecule has 0 unspecified atom stereocenters. The van der Waals surface area contributed by atoms with Crippen molar-refractivity contribution in [3.63, 3.8) is 0 Å². The number of aromatic nitrogens is 1. The molecular weight excluding hydrogens is 266 g/mol. The summed E-state index contributed by atoms with van der Waals surface area (Å²) in [7, 11) is 0. The molecule has 1 aromatic heterocycles. The summed E-state index contributed by atoms with van der Waals surface area (Å²) in [6.07, 6.45) is 2.38. The van der Waals surface area contributed by atoms with Crippen molar-refractivity contribution in [2.24, 2.45) is 5.73 Å². The highest BCUT2D eigenvalue weighted by Gasteiger charge is 2.36. The fraction of sp³-hybridized carbons (Fsp3) is 0.667. The Morgan fingerprint density at radius 3 is 2.72 bits per heavy atom. The van der Waals surface area contributed by atoms with Gasteiger partial charge in [-0.1, -0.05) is 6.92 Å². The van der Waals surface area contributed by atoms with Gasteiger partial charge in [-0.05, 0) is 37.7 Å². The summed E-state index contributed by atoms with van der Waals surface area (Å²) in [5.41, 5.74) is 6.52. The lowest BCUT2D eigenvalue weighted by atomic mass is 9.93. The van der Waals surface area contributed by atoms with Crippen molar-refractivity contribution in [1.29, 1.82) is 0 Å². The number of nitrogens with two attached hydrogens (primary N) is 1. The van der Waals surface area contributed by atoms with Crippen LogP contribution in [0.2, 0.25) is 0 Å². The van der Waals surface area contributed by atoms with E-state index in [1.165, 1.54) is 11.3 Å². The van der Waals surface area contributed by atoms with Crippen LogP contribution in [0.5, 0.6) is 0 Å². The van der Waals surface area contributed by atoms with E-state index in [-0.39, 0.29) is 5.91 Å². The van der Waals surface area contributed by atoms with Crippen molar-refractivity contribution in [3.8, 4) is 0 Å². The molecule has 0 aromatic carbocycles. The van der Waals surface area contributed by atoms with Crippen LogP contribution in [-0.4, -0.2) is 27.9 Å². The molecule has 3 N–H and O–H groups in total. The van der Waals surface area contributed by atoms with Gasteiger partial charge in [0.1, 0.15) is 0 Å². The number of anilines is 1. The second kappa shape index (κ2) is 5.59. The Bertz CT molecular complexity index is 439. The smallest absolute Gasteiger partial charge is 0.246 e. The highest BCUT2D eigenvalue weighted by Crippen LogP contribution is 2.28. The summed E-state index contributed by atoms with van der Waals surface area (Å²) >= 11 is 3.38. The van der Waals surface area contributed by atoms with Gasteiger partial charge in [0, 0.05) is 4.88 Å². The third kappa shape index (κ3) is 2.87. The topological polar surface area (TPSA) is 68.0 Å². The maximum atomic E-state index is 12.2. The lowest BCUT2D eigenvalue weighted by molar-refractivity contribution is -0.121. The normalized spacial score (nSPS) is 18.6. The van der Waals surface area contributed by atoms with Gasteiger partial charge in [0.25, 0.3) is 0 Å². The number of aryl methyl sites for hydroxylation is 2. The Kier molecular flexibility index (Phi) is 4.29. The lowest BCUT2D eigenvalue weighted by Gasteiger charge is -2.31. The minimum Gasteiger partial charge on any atom is -0.317 e. The van der Waals surface area contributed by atoms with Crippen LogP contribution < -0.4 is 11.1 Å². The van der Waals surface area contributed by atoms with E-state index in [0.717, 1.165) is 41.3 Å². The van der Waals surface area contributed by atoms with Crippen LogP contribution in [0, 0.1) is 6.92 Å². The summed E-state index contributed by atoms with van der Waals surface area (Å²) in [5.74, 6) is 1.83. The highest BCUT2D eigenvalue weighted by molar-refractivity contribution is 7.99. The van der Waals surface area contributed by atoms with Gasteiger partial charge in [0.05, 0.1) is 11.2 Å². The van der Waals surface area contributed by atoms with Crippen molar-refractivity contribution in [2.45, 2.75) is 38.6 Å². The van der Waals surface area contributed by atoms with Gasteiger partial charge < -0.3 is 11.1 Å². The number of nitrogens with one attached hydrogen (secondary N) is 1. The van der Waals surface area contributed by atoms with Crippen molar-refractivity contribution >= 4 is 34.1 Å². The summed E-state index contributed by atoms with van der Waals surface area (Å²) < 4.78 is 0. The SMILES string of the molecule is CCc1nc(NC(=O)C2(N)CCSCC2)sc1C. The molecule has 6 heteroatoms. The summed E-state index contributed by atoms with van der Waals surface area (Å²) in [5, 5.41) is 3.56. The molecule has 1 aliphatic heterocycles. The number of carbonyl (C=O) groups excluding carboxylic acids is 1. The second-order valence-corrected chi connectivity index (χ2v) is 7.03. The quantitative estimate of drug-likeness (QED) is 0.893. The number of thioether (sulfide) groups is 1. The number of rotatable bonds is 3.